The van der Waals surface area contributed by atoms with E-state index < -0.39 is 0 Å². The summed E-state index contributed by atoms with van der Waals surface area (Å²) in [6, 6.07) is 26.3. The first kappa shape index (κ1) is 18.7. The Morgan fingerprint density at radius 1 is 0.889 bits per heavy atom. The number of pyridine rings is 1. The van der Waals surface area contributed by atoms with E-state index >= 15 is 0 Å². The summed E-state index contributed by atoms with van der Waals surface area (Å²) in [7, 11) is 0. The lowest BCUT2D eigenvalue weighted by Gasteiger charge is -2.25. The largest absolute Gasteiger partial charge is 0.339 e. The van der Waals surface area contributed by atoms with Crippen LogP contribution < -0.4 is 5.43 Å². The minimum Gasteiger partial charge on any atom is -0.339 e. The zero-order valence-electron chi connectivity index (χ0n) is 15.2. The molecule has 5 heteroatoms. The van der Waals surface area contributed by atoms with Crippen molar-refractivity contribution in [1.82, 2.24) is 15.3 Å². The molecule has 0 bridgehead atoms. The highest BCUT2D eigenvalue weighted by Gasteiger charge is 2.11. The maximum Gasteiger partial charge on any atom is 0.190 e. The van der Waals surface area contributed by atoms with Crippen LogP contribution in [0.25, 0.3) is 0 Å². The van der Waals surface area contributed by atoms with Crippen LogP contribution in [0, 0.1) is 0 Å². The van der Waals surface area contributed by atoms with E-state index in [4.69, 9.17) is 12.2 Å². The van der Waals surface area contributed by atoms with E-state index in [9.17, 15) is 0 Å². The Labute approximate surface area is 165 Å². The number of nitrogens with zero attached hydrogens (tertiary/aromatic N) is 3. The maximum atomic E-state index is 5.63. The fourth-order valence-corrected chi connectivity index (χ4v) is 2.82. The van der Waals surface area contributed by atoms with Gasteiger partial charge < -0.3 is 4.90 Å². The molecule has 136 valence electrons. The SMILES string of the molecule is C/C(=N/NC(=S)N(Cc1ccccc1)Cc1ccccc1)c1ccccn1. The van der Waals surface area contributed by atoms with Crippen molar-refractivity contribution < 1.29 is 0 Å². The molecule has 0 amide bonds. The van der Waals surface area contributed by atoms with Gasteiger partial charge in [-0.2, -0.15) is 5.10 Å². The molecule has 0 spiro atoms. The Morgan fingerprint density at radius 2 is 1.44 bits per heavy atom. The summed E-state index contributed by atoms with van der Waals surface area (Å²) >= 11 is 5.63. The fraction of sp³-hybridized carbons (Fsp3) is 0.136. The molecular formula is C22H22N4S. The van der Waals surface area contributed by atoms with E-state index in [1.165, 1.54) is 11.1 Å². The lowest BCUT2D eigenvalue weighted by molar-refractivity contribution is 0.400. The van der Waals surface area contributed by atoms with Gasteiger partial charge in [0.25, 0.3) is 0 Å². The average Bonchev–Trinajstić information content (AvgIpc) is 2.73. The third-order valence-corrected chi connectivity index (χ3v) is 4.42. The molecule has 0 aliphatic carbocycles. The molecule has 27 heavy (non-hydrogen) atoms. The molecule has 0 aliphatic rings. The standard InChI is InChI=1S/C22H22N4S/c1-18(21-14-8-9-15-23-21)24-25-22(27)26(16-19-10-4-2-5-11-19)17-20-12-6-3-7-13-20/h2-15H,16-17H2,1H3,(H,25,27)/b24-18-. The van der Waals surface area contributed by atoms with E-state index in [-0.39, 0.29) is 0 Å². The highest BCUT2D eigenvalue weighted by Crippen LogP contribution is 2.10. The number of aromatic nitrogens is 1. The quantitative estimate of drug-likeness (QED) is 0.395. The zero-order chi connectivity index (χ0) is 18.9. The van der Waals surface area contributed by atoms with Crippen molar-refractivity contribution in [2.45, 2.75) is 20.0 Å². The van der Waals surface area contributed by atoms with Gasteiger partial charge in [0.2, 0.25) is 0 Å². The molecule has 0 saturated carbocycles. The fourth-order valence-electron chi connectivity index (χ4n) is 2.64. The maximum absolute atomic E-state index is 5.63. The van der Waals surface area contributed by atoms with Gasteiger partial charge in [-0.3, -0.25) is 10.4 Å². The molecule has 1 N–H and O–H groups in total. The third kappa shape index (κ3) is 5.72. The van der Waals surface area contributed by atoms with E-state index in [0.717, 1.165) is 11.4 Å². The van der Waals surface area contributed by atoms with E-state index in [1.807, 2.05) is 61.5 Å². The first-order valence-electron chi connectivity index (χ1n) is 8.81. The van der Waals surface area contributed by atoms with Crippen LogP contribution in [0.15, 0.2) is 90.2 Å². The minimum atomic E-state index is 0.581. The van der Waals surface area contributed by atoms with Gasteiger partial charge in [-0.15, -0.1) is 0 Å². The second kappa shape index (κ2) is 9.59. The Kier molecular flexibility index (Phi) is 6.66. The van der Waals surface area contributed by atoms with Gasteiger partial charge in [0, 0.05) is 19.3 Å². The first-order valence-corrected chi connectivity index (χ1v) is 9.21. The van der Waals surface area contributed by atoms with Gasteiger partial charge in [0.15, 0.2) is 5.11 Å². The van der Waals surface area contributed by atoms with Gasteiger partial charge in [-0.1, -0.05) is 66.7 Å². The second-order valence-electron chi connectivity index (χ2n) is 6.16. The minimum absolute atomic E-state index is 0.581. The average molecular weight is 375 g/mol. The lowest BCUT2D eigenvalue weighted by atomic mass is 10.2. The molecule has 0 saturated heterocycles. The van der Waals surface area contributed by atoms with Crippen molar-refractivity contribution in [3.05, 3.63) is 102 Å². The van der Waals surface area contributed by atoms with Crippen LogP contribution in [-0.2, 0) is 13.1 Å². The topological polar surface area (TPSA) is 40.5 Å². The zero-order valence-corrected chi connectivity index (χ0v) is 16.1. The number of thiocarbonyl (C=S) groups is 1. The van der Waals surface area contributed by atoms with Crippen LogP contribution in [-0.4, -0.2) is 20.7 Å². The molecule has 1 aromatic heterocycles. The summed E-state index contributed by atoms with van der Waals surface area (Å²) < 4.78 is 0. The summed E-state index contributed by atoms with van der Waals surface area (Å²) in [6.45, 7) is 3.33. The number of nitrogens with one attached hydrogen (secondary N) is 1. The van der Waals surface area contributed by atoms with Gasteiger partial charge in [0.1, 0.15) is 0 Å². The summed E-state index contributed by atoms with van der Waals surface area (Å²) in [5.41, 5.74) is 7.03. The summed E-state index contributed by atoms with van der Waals surface area (Å²) in [4.78, 5) is 6.42. The Bertz CT molecular complexity index is 838. The van der Waals surface area contributed by atoms with Crippen molar-refractivity contribution in [3.63, 3.8) is 0 Å². The highest BCUT2D eigenvalue weighted by atomic mass is 32.1. The predicted octanol–water partition coefficient (Wildman–Crippen LogP) is 4.38. The van der Waals surface area contributed by atoms with Crippen LogP contribution in [0.4, 0.5) is 0 Å². The van der Waals surface area contributed by atoms with Crippen molar-refractivity contribution >= 4 is 23.0 Å². The molecule has 0 fully saturated rings. The number of benzene rings is 2. The molecule has 4 nitrogen and oxygen atoms in total. The lowest BCUT2D eigenvalue weighted by Crippen LogP contribution is -2.37. The van der Waals surface area contributed by atoms with Gasteiger partial charge in [0.05, 0.1) is 11.4 Å². The molecule has 3 rings (SSSR count). The predicted molar refractivity (Wildman–Crippen MR) is 114 cm³/mol. The van der Waals surface area contributed by atoms with Crippen molar-refractivity contribution in [3.8, 4) is 0 Å². The summed E-state index contributed by atoms with van der Waals surface area (Å²) in [5.74, 6) is 0. The van der Waals surface area contributed by atoms with E-state index in [0.29, 0.717) is 18.2 Å². The molecular weight excluding hydrogens is 352 g/mol. The Balaban J connectivity index is 1.73. The van der Waals surface area contributed by atoms with E-state index in [1.54, 1.807) is 6.20 Å². The highest BCUT2D eigenvalue weighted by molar-refractivity contribution is 7.80. The smallest absolute Gasteiger partial charge is 0.190 e. The molecule has 3 aromatic rings. The number of rotatable bonds is 6. The molecule has 0 unspecified atom stereocenters. The molecule has 0 atom stereocenters. The molecule has 1 heterocycles. The first-order chi connectivity index (χ1) is 13.2. The number of hydrogen-bond acceptors (Lipinski definition) is 3. The van der Waals surface area contributed by atoms with E-state index in [2.05, 4.69) is 44.7 Å². The molecule has 0 radical (unpaired) electrons. The van der Waals surface area contributed by atoms with Crippen LogP contribution in [0.5, 0.6) is 0 Å². The van der Waals surface area contributed by atoms with Gasteiger partial charge in [-0.25, -0.2) is 0 Å². The molecule has 0 aliphatic heterocycles. The summed E-state index contributed by atoms with van der Waals surface area (Å²) in [5, 5.41) is 5.00. The van der Waals surface area contributed by atoms with Crippen molar-refractivity contribution in [1.29, 1.82) is 0 Å². The monoisotopic (exact) mass is 374 g/mol. The summed E-state index contributed by atoms with van der Waals surface area (Å²) in [6.07, 6.45) is 1.75. The normalized spacial score (nSPS) is 11.1. The van der Waals surface area contributed by atoms with Gasteiger partial charge >= 0.3 is 0 Å². The van der Waals surface area contributed by atoms with Crippen LogP contribution in [0.2, 0.25) is 0 Å². The number of hydrazone groups is 1. The van der Waals surface area contributed by atoms with Gasteiger partial charge in [-0.05, 0) is 42.4 Å². The second-order valence-corrected chi connectivity index (χ2v) is 6.54. The third-order valence-electron chi connectivity index (χ3n) is 4.07. The Hall–Kier alpha value is -3.05. The van der Waals surface area contributed by atoms with Crippen molar-refractivity contribution in [2.24, 2.45) is 5.10 Å². The Morgan fingerprint density at radius 3 is 1.96 bits per heavy atom. The van der Waals surface area contributed by atoms with Crippen LogP contribution in [0.3, 0.4) is 0 Å². The van der Waals surface area contributed by atoms with Crippen LogP contribution >= 0.6 is 12.2 Å². The van der Waals surface area contributed by atoms with Crippen LogP contribution in [0.1, 0.15) is 23.7 Å². The molecule has 2 aromatic carbocycles. The number of hydrogen-bond donors (Lipinski definition) is 1. The van der Waals surface area contributed by atoms with Crippen molar-refractivity contribution in [2.75, 3.05) is 0 Å².